The van der Waals surface area contributed by atoms with E-state index in [2.05, 4.69) is 27.9 Å². The molecule has 192 valence electrons. The van der Waals surface area contributed by atoms with Gasteiger partial charge in [0.05, 0.1) is 17.3 Å². The Morgan fingerprint density at radius 3 is 2.47 bits per heavy atom. The van der Waals surface area contributed by atoms with E-state index in [1.165, 1.54) is 0 Å². The standard InChI is InChI=1S/C30H28N4O4/c1-17-27(18(2)38-32-17)21-12-24(29(31)35)28-23-11-20(30(36)33-15-22(16-33)37-3)9-10-25(23)34(26(28)13-21)14-19-7-5-4-6-8-19/h4-13,22H,14-16H2,1-3H3,(H2,31,35). The average Bonchev–Trinajstić information content (AvgIpc) is 3.39. The van der Waals surface area contributed by atoms with E-state index in [1.54, 1.807) is 18.1 Å². The Morgan fingerprint density at radius 1 is 1.05 bits per heavy atom. The van der Waals surface area contributed by atoms with Gasteiger partial charge in [0.1, 0.15) is 5.76 Å². The molecule has 0 saturated carbocycles. The highest BCUT2D eigenvalue weighted by molar-refractivity contribution is 6.20. The van der Waals surface area contributed by atoms with Crippen LogP contribution in [0.25, 0.3) is 32.9 Å². The van der Waals surface area contributed by atoms with Gasteiger partial charge in [0.2, 0.25) is 5.91 Å². The number of benzene rings is 3. The Bertz CT molecular complexity index is 1690. The second-order valence-corrected chi connectivity index (χ2v) is 9.85. The second kappa shape index (κ2) is 9.15. The van der Waals surface area contributed by atoms with Crippen molar-refractivity contribution in [3.63, 3.8) is 0 Å². The highest BCUT2D eigenvalue weighted by atomic mass is 16.5. The molecular formula is C30H28N4O4. The van der Waals surface area contributed by atoms with Crippen LogP contribution in [0.2, 0.25) is 0 Å². The van der Waals surface area contributed by atoms with Gasteiger partial charge in [-0.05, 0) is 55.3 Å². The zero-order valence-corrected chi connectivity index (χ0v) is 21.5. The lowest BCUT2D eigenvalue weighted by molar-refractivity contribution is -0.0191. The molecule has 0 atom stereocenters. The zero-order valence-electron chi connectivity index (χ0n) is 21.5. The topological polar surface area (TPSA) is 104 Å². The Hall–Kier alpha value is -4.43. The van der Waals surface area contributed by atoms with Crippen molar-refractivity contribution in [2.24, 2.45) is 5.73 Å². The molecule has 1 saturated heterocycles. The molecule has 0 unspecified atom stereocenters. The van der Waals surface area contributed by atoms with E-state index >= 15 is 0 Å². The van der Waals surface area contributed by atoms with E-state index in [1.807, 2.05) is 50.2 Å². The Morgan fingerprint density at radius 2 is 1.82 bits per heavy atom. The summed E-state index contributed by atoms with van der Waals surface area (Å²) < 4.78 is 12.9. The number of amides is 2. The first kappa shape index (κ1) is 23.9. The second-order valence-electron chi connectivity index (χ2n) is 9.85. The fourth-order valence-corrected chi connectivity index (χ4v) is 5.46. The molecule has 2 amide bonds. The van der Waals surface area contributed by atoms with Crippen LogP contribution in [0.4, 0.5) is 0 Å². The number of ether oxygens (including phenoxy) is 1. The number of hydrogen-bond donors (Lipinski definition) is 1. The zero-order chi connectivity index (χ0) is 26.6. The fourth-order valence-electron chi connectivity index (χ4n) is 5.46. The predicted molar refractivity (Wildman–Crippen MR) is 145 cm³/mol. The van der Waals surface area contributed by atoms with Crippen molar-refractivity contribution < 1.29 is 18.8 Å². The van der Waals surface area contributed by atoms with Crippen molar-refractivity contribution in [2.45, 2.75) is 26.5 Å². The molecule has 5 aromatic rings. The number of methoxy groups -OCH3 is 1. The summed E-state index contributed by atoms with van der Waals surface area (Å²) in [6.45, 7) is 5.44. The molecule has 6 rings (SSSR count). The minimum Gasteiger partial charge on any atom is -0.378 e. The smallest absolute Gasteiger partial charge is 0.254 e. The minimum atomic E-state index is -0.537. The van der Waals surface area contributed by atoms with Crippen LogP contribution >= 0.6 is 0 Å². The van der Waals surface area contributed by atoms with Gasteiger partial charge < -0.3 is 24.5 Å². The molecule has 0 bridgehead atoms. The maximum atomic E-state index is 13.2. The van der Waals surface area contributed by atoms with Crippen LogP contribution in [0.5, 0.6) is 0 Å². The third-order valence-electron chi connectivity index (χ3n) is 7.45. The van der Waals surface area contributed by atoms with Gasteiger partial charge in [-0.15, -0.1) is 0 Å². The average molecular weight is 509 g/mol. The molecule has 3 heterocycles. The SMILES string of the molecule is COC1CN(C(=O)c2ccc3c(c2)c2c(C(N)=O)cc(-c4c(C)noc4C)cc2n3Cc2ccccc2)C1. The number of carbonyl (C=O) groups is 2. The van der Waals surface area contributed by atoms with Gasteiger partial charge in [-0.25, -0.2) is 0 Å². The fraction of sp³-hybridized carbons (Fsp3) is 0.233. The summed E-state index contributed by atoms with van der Waals surface area (Å²) in [6, 6.07) is 19.7. The maximum absolute atomic E-state index is 13.2. The number of carbonyl (C=O) groups excluding carboxylic acids is 2. The largest absolute Gasteiger partial charge is 0.378 e. The number of nitrogens with zero attached hydrogens (tertiary/aromatic N) is 3. The quantitative estimate of drug-likeness (QED) is 0.359. The van der Waals surface area contributed by atoms with E-state index in [-0.39, 0.29) is 12.0 Å². The monoisotopic (exact) mass is 508 g/mol. The van der Waals surface area contributed by atoms with Crippen molar-refractivity contribution in [2.75, 3.05) is 20.2 Å². The highest BCUT2D eigenvalue weighted by Gasteiger charge is 2.31. The lowest BCUT2D eigenvalue weighted by atomic mass is 9.96. The number of likely N-dealkylation sites (tertiary alicyclic amines) is 1. The molecule has 2 N–H and O–H groups in total. The van der Waals surface area contributed by atoms with Gasteiger partial charge >= 0.3 is 0 Å². The van der Waals surface area contributed by atoms with Gasteiger partial charge in [0.15, 0.2) is 0 Å². The highest BCUT2D eigenvalue weighted by Crippen LogP contribution is 2.38. The Balaban J connectivity index is 1.60. The van der Waals surface area contributed by atoms with Crippen molar-refractivity contribution in [1.82, 2.24) is 14.6 Å². The van der Waals surface area contributed by atoms with Crippen molar-refractivity contribution in [3.05, 3.63) is 88.8 Å². The summed E-state index contributed by atoms with van der Waals surface area (Å²) >= 11 is 0. The molecule has 1 aliphatic heterocycles. The lowest BCUT2D eigenvalue weighted by Crippen LogP contribution is -2.54. The van der Waals surface area contributed by atoms with Gasteiger partial charge in [0, 0.05) is 59.7 Å². The van der Waals surface area contributed by atoms with Gasteiger partial charge in [-0.2, -0.15) is 0 Å². The van der Waals surface area contributed by atoms with E-state index < -0.39 is 5.91 Å². The number of aryl methyl sites for hydroxylation is 2. The van der Waals surface area contributed by atoms with Crippen LogP contribution in [-0.4, -0.2) is 52.7 Å². The number of rotatable bonds is 6. The first-order chi connectivity index (χ1) is 18.4. The third kappa shape index (κ3) is 3.85. The van der Waals surface area contributed by atoms with E-state index in [4.69, 9.17) is 15.0 Å². The van der Waals surface area contributed by atoms with Crippen LogP contribution < -0.4 is 5.73 Å². The number of fused-ring (bicyclic) bond motifs is 3. The van der Waals surface area contributed by atoms with Crippen molar-refractivity contribution in [1.29, 1.82) is 0 Å². The summed E-state index contributed by atoms with van der Waals surface area (Å²) in [5.41, 5.74) is 12.2. The first-order valence-corrected chi connectivity index (χ1v) is 12.5. The van der Waals surface area contributed by atoms with Gasteiger partial charge in [0.25, 0.3) is 5.91 Å². The number of nitrogens with two attached hydrogens (primary N) is 1. The molecule has 38 heavy (non-hydrogen) atoms. The Kier molecular flexibility index (Phi) is 5.76. The van der Waals surface area contributed by atoms with Gasteiger partial charge in [-0.3, -0.25) is 9.59 Å². The molecule has 3 aromatic carbocycles. The molecule has 0 radical (unpaired) electrons. The Labute approximate surface area is 219 Å². The molecule has 0 spiro atoms. The normalized spacial score (nSPS) is 13.8. The molecule has 8 heteroatoms. The van der Waals surface area contributed by atoms with Crippen LogP contribution in [0.1, 0.15) is 37.7 Å². The molecule has 1 aliphatic rings. The summed E-state index contributed by atoms with van der Waals surface area (Å²) in [7, 11) is 1.66. The molecule has 0 aliphatic carbocycles. The van der Waals surface area contributed by atoms with Crippen molar-refractivity contribution in [3.8, 4) is 11.1 Å². The summed E-state index contributed by atoms with van der Waals surface area (Å²) in [5.74, 6) is 0.0710. The predicted octanol–water partition coefficient (Wildman–Crippen LogP) is 4.68. The number of aromatic nitrogens is 2. The molecule has 2 aromatic heterocycles. The summed E-state index contributed by atoms with van der Waals surface area (Å²) in [6.07, 6.45) is 0.0691. The minimum absolute atomic E-state index is 0.0582. The summed E-state index contributed by atoms with van der Waals surface area (Å²) in [4.78, 5) is 27.8. The summed E-state index contributed by atoms with van der Waals surface area (Å²) in [5, 5.41) is 5.64. The van der Waals surface area contributed by atoms with Crippen LogP contribution in [0, 0.1) is 13.8 Å². The maximum Gasteiger partial charge on any atom is 0.254 e. The van der Waals surface area contributed by atoms with Crippen LogP contribution in [0.3, 0.4) is 0 Å². The van der Waals surface area contributed by atoms with E-state index in [9.17, 15) is 9.59 Å². The molecule has 1 fully saturated rings. The van der Waals surface area contributed by atoms with Crippen LogP contribution in [0.15, 0.2) is 65.2 Å². The first-order valence-electron chi connectivity index (χ1n) is 12.5. The lowest BCUT2D eigenvalue weighted by Gasteiger charge is -2.38. The van der Waals surface area contributed by atoms with E-state index in [0.717, 1.165) is 44.2 Å². The van der Waals surface area contributed by atoms with Gasteiger partial charge in [-0.1, -0.05) is 35.5 Å². The number of hydrogen-bond acceptors (Lipinski definition) is 5. The van der Waals surface area contributed by atoms with Crippen molar-refractivity contribution >= 4 is 33.6 Å². The molecular weight excluding hydrogens is 480 g/mol. The van der Waals surface area contributed by atoms with Crippen LogP contribution in [-0.2, 0) is 11.3 Å². The third-order valence-corrected chi connectivity index (χ3v) is 7.45. The molecule has 8 nitrogen and oxygen atoms in total. The number of primary amides is 1. The van der Waals surface area contributed by atoms with E-state index in [0.29, 0.717) is 36.5 Å².